The van der Waals surface area contributed by atoms with E-state index in [1.165, 1.54) is 7.11 Å². The smallest absolute Gasteiger partial charge is 0.257 e. The Morgan fingerprint density at radius 1 is 1.00 bits per heavy atom. The van der Waals surface area contributed by atoms with Crippen LogP contribution in [0.4, 0.5) is 0 Å². The van der Waals surface area contributed by atoms with Crippen LogP contribution in [0.25, 0.3) is 0 Å². The van der Waals surface area contributed by atoms with Gasteiger partial charge in [-0.05, 0) is 50.3 Å². The van der Waals surface area contributed by atoms with Gasteiger partial charge in [0, 0.05) is 49.6 Å². The summed E-state index contributed by atoms with van der Waals surface area (Å²) in [6.45, 7) is 5.20. The Labute approximate surface area is 201 Å². The minimum absolute atomic E-state index is 0.00261. The second kappa shape index (κ2) is 12.3. The summed E-state index contributed by atoms with van der Waals surface area (Å²) in [7, 11) is 1.53. The number of nitrogens with zero attached hydrogens (tertiary/aromatic N) is 2. The number of methoxy groups -OCH3 is 1. The molecule has 0 aromatic heterocycles. The number of halogens is 1. The van der Waals surface area contributed by atoms with E-state index in [-0.39, 0.29) is 29.6 Å². The first-order chi connectivity index (χ1) is 15.9. The minimum Gasteiger partial charge on any atom is -0.496 e. The molecule has 3 rings (SSSR count). The van der Waals surface area contributed by atoms with Gasteiger partial charge in [-0.25, -0.2) is 0 Å². The van der Waals surface area contributed by atoms with Crippen molar-refractivity contribution in [2.24, 2.45) is 11.8 Å². The van der Waals surface area contributed by atoms with Crippen molar-refractivity contribution < 1.29 is 19.1 Å². The maximum absolute atomic E-state index is 13.0. The third kappa shape index (κ3) is 6.62. The predicted molar refractivity (Wildman–Crippen MR) is 128 cm³/mol. The number of carbonyl (C=O) groups excluding carboxylic acids is 3. The van der Waals surface area contributed by atoms with Crippen LogP contribution in [0.2, 0.25) is 5.02 Å². The minimum atomic E-state index is -0.119. The lowest BCUT2D eigenvalue weighted by Gasteiger charge is -2.37. The number of piperidine rings is 2. The van der Waals surface area contributed by atoms with Crippen LogP contribution in [0.3, 0.4) is 0 Å². The SMILES string of the molecule is CCCCCNC(=O)C1CCN(C(=O)C2CCN(C(=O)c3cc(Cl)ccc3OC)CC2)CC1. The predicted octanol–water partition coefficient (Wildman–Crippen LogP) is 3.75. The molecule has 182 valence electrons. The van der Waals surface area contributed by atoms with Gasteiger partial charge in [0.2, 0.25) is 11.8 Å². The van der Waals surface area contributed by atoms with Crippen LogP contribution >= 0.6 is 11.6 Å². The standard InChI is InChI=1S/C25H36ClN3O4/c1-3-4-5-12-27-23(30)18-8-13-28(14-9-18)24(31)19-10-15-29(16-11-19)25(32)21-17-20(26)6-7-22(21)33-2/h6-7,17-19H,3-5,8-16H2,1-2H3,(H,27,30). The summed E-state index contributed by atoms with van der Waals surface area (Å²) in [4.78, 5) is 42.1. The molecule has 0 aliphatic carbocycles. The molecule has 2 aliphatic rings. The molecule has 0 unspecified atom stereocenters. The Morgan fingerprint density at radius 2 is 1.64 bits per heavy atom. The van der Waals surface area contributed by atoms with Crippen LogP contribution in [-0.2, 0) is 9.59 Å². The summed E-state index contributed by atoms with van der Waals surface area (Å²) >= 11 is 6.07. The van der Waals surface area contributed by atoms with E-state index in [9.17, 15) is 14.4 Å². The third-order valence-corrected chi connectivity index (χ3v) is 7.02. The number of amides is 3. The fourth-order valence-corrected chi connectivity index (χ4v) is 4.87. The van der Waals surface area contributed by atoms with Crippen molar-refractivity contribution in [3.8, 4) is 5.75 Å². The molecule has 1 aromatic rings. The van der Waals surface area contributed by atoms with Crippen molar-refractivity contribution >= 4 is 29.3 Å². The topological polar surface area (TPSA) is 79.0 Å². The highest BCUT2D eigenvalue weighted by Gasteiger charge is 2.34. The first-order valence-electron chi connectivity index (χ1n) is 12.1. The Balaban J connectivity index is 1.45. The van der Waals surface area contributed by atoms with E-state index in [1.54, 1.807) is 23.1 Å². The monoisotopic (exact) mass is 477 g/mol. The lowest BCUT2D eigenvalue weighted by molar-refractivity contribution is -0.140. The van der Waals surface area contributed by atoms with E-state index < -0.39 is 0 Å². The number of ether oxygens (including phenoxy) is 1. The van der Waals surface area contributed by atoms with Crippen molar-refractivity contribution in [3.05, 3.63) is 28.8 Å². The van der Waals surface area contributed by atoms with E-state index in [2.05, 4.69) is 12.2 Å². The highest BCUT2D eigenvalue weighted by atomic mass is 35.5. The number of carbonyl (C=O) groups is 3. The number of benzene rings is 1. The second-order valence-corrected chi connectivity index (χ2v) is 9.45. The number of likely N-dealkylation sites (tertiary alicyclic amines) is 2. The number of nitrogens with one attached hydrogen (secondary N) is 1. The fourth-order valence-electron chi connectivity index (χ4n) is 4.70. The molecular formula is C25H36ClN3O4. The summed E-state index contributed by atoms with van der Waals surface area (Å²) < 4.78 is 5.31. The highest BCUT2D eigenvalue weighted by Crippen LogP contribution is 2.28. The first kappa shape index (κ1) is 25.3. The Hall–Kier alpha value is -2.28. The van der Waals surface area contributed by atoms with Crippen molar-refractivity contribution in [3.63, 3.8) is 0 Å². The molecular weight excluding hydrogens is 442 g/mol. The van der Waals surface area contributed by atoms with Crippen LogP contribution in [0.5, 0.6) is 5.75 Å². The van der Waals surface area contributed by atoms with Crippen molar-refractivity contribution in [1.82, 2.24) is 15.1 Å². The summed E-state index contributed by atoms with van der Waals surface area (Å²) in [5.41, 5.74) is 0.449. The number of unbranched alkanes of at least 4 members (excludes halogenated alkanes) is 2. The number of rotatable bonds is 8. The van der Waals surface area contributed by atoms with Gasteiger partial charge in [0.05, 0.1) is 12.7 Å². The van der Waals surface area contributed by atoms with Crippen LogP contribution in [-0.4, -0.2) is 67.4 Å². The molecule has 2 saturated heterocycles. The Kier molecular flexibility index (Phi) is 9.41. The zero-order valence-corrected chi connectivity index (χ0v) is 20.5. The van der Waals surface area contributed by atoms with E-state index in [4.69, 9.17) is 16.3 Å². The summed E-state index contributed by atoms with van der Waals surface area (Å²) in [5, 5.41) is 3.53. The van der Waals surface area contributed by atoms with E-state index in [0.717, 1.165) is 38.6 Å². The summed E-state index contributed by atoms with van der Waals surface area (Å²) in [6, 6.07) is 5.02. The second-order valence-electron chi connectivity index (χ2n) is 9.01. The van der Waals surface area contributed by atoms with Gasteiger partial charge in [0.1, 0.15) is 5.75 Å². The molecule has 0 saturated carbocycles. The van der Waals surface area contributed by atoms with Crippen LogP contribution in [0, 0.1) is 11.8 Å². The zero-order chi connectivity index (χ0) is 23.8. The molecule has 33 heavy (non-hydrogen) atoms. The Bertz CT molecular complexity index is 831. The van der Waals surface area contributed by atoms with Gasteiger partial charge in [-0.1, -0.05) is 31.4 Å². The molecule has 0 atom stereocenters. The third-order valence-electron chi connectivity index (χ3n) is 6.78. The van der Waals surface area contributed by atoms with Gasteiger partial charge >= 0.3 is 0 Å². The van der Waals surface area contributed by atoms with Crippen LogP contribution in [0.15, 0.2) is 18.2 Å². The molecule has 3 amide bonds. The molecule has 2 fully saturated rings. The molecule has 0 spiro atoms. The zero-order valence-electron chi connectivity index (χ0n) is 19.8. The van der Waals surface area contributed by atoms with Crippen molar-refractivity contribution in [2.75, 3.05) is 39.8 Å². The van der Waals surface area contributed by atoms with E-state index >= 15 is 0 Å². The first-order valence-corrected chi connectivity index (χ1v) is 12.5. The normalized spacial score (nSPS) is 17.7. The molecule has 1 N–H and O–H groups in total. The van der Waals surface area contributed by atoms with Crippen LogP contribution in [0.1, 0.15) is 62.2 Å². The van der Waals surface area contributed by atoms with Gasteiger partial charge in [0.25, 0.3) is 5.91 Å². The van der Waals surface area contributed by atoms with E-state index in [0.29, 0.717) is 55.4 Å². The molecule has 8 heteroatoms. The summed E-state index contributed by atoms with van der Waals surface area (Å²) in [5.74, 6) is 0.592. The molecule has 1 aromatic carbocycles. The Morgan fingerprint density at radius 3 is 2.27 bits per heavy atom. The van der Waals surface area contributed by atoms with Gasteiger partial charge in [-0.2, -0.15) is 0 Å². The maximum atomic E-state index is 13.0. The molecule has 2 aliphatic heterocycles. The average molecular weight is 478 g/mol. The highest BCUT2D eigenvalue weighted by molar-refractivity contribution is 6.31. The van der Waals surface area contributed by atoms with Gasteiger partial charge in [0.15, 0.2) is 0 Å². The van der Waals surface area contributed by atoms with Gasteiger partial charge < -0.3 is 19.9 Å². The fraction of sp³-hybridized carbons (Fsp3) is 0.640. The van der Waals surface area contributed by atoms with Crippen molar-refractivity contribution in [1.29, 1.82) is 0 Å². The van der Waals surface area contributed by atoms with Crippen LogP contribution < -0.4 is 10.1 Å². The quantitative estimate of drug-likeness (QED) is 0.578. The average Bonchev–Trinajstić information content (AvgIpc) is 2.85. The number of hydrogen-bond acceptors (Lipinski definition) is 4. The van der Waals surface area contributed by atoms with E-state index in [1.807, 2.05) is 4.90 Å². The largest absolute Gasteiger partial charge is 0.496 e. The lowest BCUT2D eigenvalue weighted by atomic mass is 9.91. The lowest BCUT2D eigenvalue weighted by Crippen LogP contribution is -2.48. The molecule has 0 radical (unpaired) electrons. The van der Waals surface area contributed by atoms with Gasteiger partial charge in [-0.3, -0.25) is 14.4 Å². The number of hydrogen-bond donors (Lipinski definition) is 1. The summed E-state index contributed by atoms with van der Waals surface area (Å²) in [6.07, 6.45) is 6.01. The van der Waals surface area contributed by atoms with Gasteiger partial charge in [-0.15, -0.1) is 0 Å². The molecule has 7 nitrogen and oxygen atoms in total. The maximum Gasteiger partial charge on any atom is 0.257 e. The van der Waals surface area contributed by atoms with Crippen molar-refractivity contribution in [2.45, 2.75) is 51.9 Å². The molecule has 0 bridgehead atoms. The molecule has 2 heterocycles.